The van der Waals surface area contributed by atoms with Crippen LogP contribution in [-0.2, 0) is 4.57 Å². The number of fused-ring (bicyclic) bond motifs is 2. The van der Waals surface area contributed by atoms with Gasteiger partial charge in [-0.25, -0.2) is 4.98 Å². The number of benzene rings is 2. The second-order valence-corrected chi connectivity index (χ2v) is 11.4. The number of aliphatic hydroxyl groups excluding tert-OH is 2. The van der Waals surface area contributed by atoms with E-state index < -0.39 is 19.9 Å². The molecule has 0 saturated heterocycles. The highest BCUT2D eigenvalue weighted by atomic mass is 32.1. The van der Waals surface area contributed by atoms with Crippen molar-refractivity contribution >= 4 is 56.3 Å². The molecule has 3 N–H and O–H groups in total. The van der Waals surface area contributed by atoms with Gasteiger partial charge in [-0.1, -0.05) is 0 Å². The van der Waals surface area contributed by atoms with Crippen LogP contribution in [0.4, 0.5) is 11.4 Å². The zero-order chi connectivity index (χ0) is 21.3. The van der Waals surface area contributed by atoms with Crippen molar-refractivity contribution in [3.8, 4) is 5.75 Å². The van der Waals surface area contributed by atoms with Crippen LogP contribution in [0.15, 0.2) is 48.1 Å². The molecule has 4 aromatic rings. The monoisotopic (exact) mass is 443 g/mol. The van der Waals surface area contributed by atoms with E-state index in [1.165, 1.54) is 0 Å². The van der Waals surface area contributed by atoms with E-state index >= 15 is 0 Å². The van der Waals surface area contributed by atoms with Crippen LogP contribution in [0, 0.1) is 0 Å². The third kappa shape index (κ3) is 4.32. The van der Waals surface area contributed by atoms with Crippen LogP contribution >= 0.6 is 18.5 Å². The van der Waals surface area contributed by atoms with Crippen molar-refractivity contribution in [2.75, 3.05) is 31.9 Å². The zero-order valence-corrected chi connectivity index (χ0v) is 18.3. The fourth-order valence-corrected chi connectivity index (χ4v) is 4.90. The number of pyridine rings is 1. The molecule has 2 aromatic heterocycles. The van der Waals surface area contributed by atoms with Crippen molar-refractivity contribution in [2.24, 2.45) is 0 Å². The summed E-state index contributed by atoms with van der Waals surface area (Å²) in [5.74, 6) is 0.400. The van der Waals surface area contributed by atoms with E-state index in [4.69, 9.17) is 9.84 Å². The molecule has 2 aromatic carbocycles. The van der Waals surface area contributed by atoms with Crippen molar-refractivity contribution in [3.05, 3.63) is 48.1 Å². The van der Waals surface area contributed by atoms with E-state index in [2.05, 4.69) is 15.3 Å². The van der Waals surface area contributed by atoms with Crippen molar-refractivity contribution in [3.63, 3.8) is 0 Å². The average molecular weight is 443 g/mol. The lowest BCUT2D eigenvalue weighted by Gasteiger charge is -2.18. The maximum atomic E-state index is 12.9. The Hall–Kier alpha value is -2.51. The van der Waals surface area contributed by atoms with E-state index in [1.807, 2.05) is 35.8 Å². The van der Waals surface area contributed by atoms with Crippen LogP contribution in [0.5, 0.6) is 5.75 Å². The molecule has 1 unspecified atom stereocenters. The number of thiazole rings is 1. The molecule has 0 spiro atoms. The summed E-state index contributed by atoms with van der Waals surface area (Å²) < 4.78 is 19.7. The van der Waals surface area contributed by atoms with Gasteiger partial charge in [0.2, 0.25) is 0 Å². The minimum atomic E-state index is -2.69. The first-order chi connectivity index (χ1) is 14.3. The van der Waals surface area contributed by atoms with E-state index in [0.717, 1.165) is 27.0 Å². The second-order valence-electron chi connectivity index (χ2n) is 7.35. The van der Waals surface area contributed by atoms with Gasteiger partial charge in [0, 0.05) is 29.0 Å². The fraction of sp³-hybridized carbons (Fsp3) is 0.238. The number of aromatic nitrogens is 2. The predicted octanol–water partition coefficient (Wildman–Crippen LogP) is 3.57. The van der Waals surface area contributed by atoms with Gasteiger partial charge in [0.05, 0.1) is 33.2 Å². The first kappa shape index (κ1) is 20.8. The Kier molecular flexibility index (Phi) is 5.75. The number of rotatable bonds is 7. The van der Waals surface area contributed by atoms with Crippen LogP contribution in [0.25, 0.3) is 21.1 Å². The lowest BCUT2D eigenvalue weighted by Crippen LogP contribution is -2.23. The first-order valence-electron chi connectivity index (χ1n) is 9.35. The van der Waals surface area contributed by atoms with E-state index in [-0.39, 0.29) is 6.61 Å². The molecular formula is C21H22N3O4PS. The van der Waals surface area contributed by atoms with Gasteiger partial charge >= 0.3 is 0 Å². The smallest absolute Gasteiger partial charge is 0.132 e. The van der Waals surface area contributed by atoms with Crippen LogP contribution in [0.2, 0.25) is 0 Å². The van der Waals surface area contributed by atoms with Crippen LogP contribution < -0.4 is 15.4 Å². The standard InChI is InChI=1S/C21H22N3O4PS/c1-29(2,27)20-8-15-16(24-13-3-4-21-18(7-13)23-12-30-21)5-6-22-17(15)9-19(20)28-11-14(26)10-25/h3-9,12,14,25-26H,10-11H2,1-2H3,(H,22,24). The quantitative estimate of drug-likeness (QED) is 0.375. The summed E-state index contributed by atoms with van der Waals surface area (Å²) in [6, 6.07) is 11.4. The molecule has 1 atom stereocenters. The Morgan fingerprint density at radius 2 is 2.00 bits per heavy atom. The summed E-state index contributed by atoms with van der Waals surface area (Å²) in [4.78, 5) is 8.78. The summed E-state index contributed by atoms with van der Waals surface area (Å²) in [5, 5.41) is 23.4. The number of hydrogen-bond donors (Lipinski definition) is 3. The lowest BCUT2D eigenvalue weighted by molar-refractivity contribution is 0.0540. The maximum absolute atomic E-state index is 12.9. The Morgan fingerprint density at radius 3 is 2.77 bits per heavy atom. The average Bonchev–Trinajstić information content (AvgIpc) is 3.18. The van der Waals surface area contributed by atoms with E-state index in [0.29, 0.717) is 16.6 Å². The van der Waals surface area contributed by atoms with Gasteiger partial charge in [0.1, 0.15) is 25.6 Å². The lowest BCUT2D eigenvalue weighted by atomic mass is 10.1. The summed E-state index contributed by atoms with van der Waals surface area (Å²) in [5.41, 5.74) is 5.13. The van der Waals surface area contributed by atoms with Crippen LogP contribution in [-0.4, -0.2) is 52.8 Å². The molecule has 30 heavy (non-hydrogen) atoms. The van der Waals surface area contributed by atoms with Gasteiger partial charge < -0.3 is 24.8 Å². The second kappa shape index (κ2) is 8.32. The molecular weight excluding hydrogens is 421 g/mol. The SMILES string of the molecule is CP(C)(=O)c1cc2c(Nc3ccc4scnc4c3)ccnc2cc1OCC(O)CO. The Morgan fingerprint density at radius 1 is 1.17 bits per heavy atom. The van der Waals surface area contributed by atoms with Crippen molar-refractivity contribution < 1.29 is 19.5 Å². The minimum Gasteiger partial charge on any atom is -0.490 e. The zero-order valence-electron chi connectivity index (χ0n) is 16.6. The minimum absolute atomic E-state index is 0.0966. The molecule has 0 fully saturated rings. The molecule has 0 bridgehead atoms. The van der Waals surface area contributed by atoms with Crippen LogP contribution in [0.3, 0.4) is 0 Å². The summed E-state index contributed by atoms with van der Waals surface area (Å²) in [7, 11) is -2.69. The van der Waals surface area contributed by atoms with Crippen molar-refractivity contribution in [1.29, 1.82) is 0 Å². The Bertz CT molecular complexity index is 1250. The Labute approximate surface area is 177 Å². The molecule has 4 rings (SSSR count). The van der Waals surface area contributed by atoms with E-state index in [1.54, 1.807) is 36.9 Å². The molecule has 0 amide bonds. The number of aliphatic hydroxyl groups is 2. The van der Waals surface area contributed by atoms with E-state index in [9.17, 15) is 9.67 Å². The predicted molar refractivity (Wildman–Crippen MR) is 122 cm³/mol. The summed E-state index contributed by atoms with van der Waals surface area (Å²) in [6.07, 6.45) is 0.679. The third-order valence-electron chi connectivity index (χ3n) is 4.65. The van der Waals surface area contributed by atoms with Gasteiger partial charge in [-0.05, 0) is 43.7 Å². The molecule has 2 heterocycles. The summed E-state index contributed by atoms with van der Waals surface area (Å²) in [6.45, 7) is 2.83. The molecule has 9 heteroatoms. The van der Waals surface area contributed by atoms with Crippen molar-refractivity contribution in [2.45, 2.75) is 6.10 Å². The number of anilines is 2. The number of hydrogen-bond acceptors (Lipinski definition) is 8. The topological polar surface area (TPSA) is 105 Å². The molecule has 0 radical (unpaired) electrons. The largest absolute Gasteiger partial charge is 0.490 e. The molecule has 7 nitrogen and oxygen atoms in total. The number of nitrogens with one attached hydrogen (secondary N) is 1. The molecule has 0 aliphatic rings. The van der Waals surface area contributed by atoms with Crippen molar-refractivity contribution in [1.82, 2.24) is 9.97 Å². The first-order valence-corrected chi connectivity index (χ1v) is 12.8. The third-order valence-corrected chi connectivity index (χ3v) is 6.97. The summed E-state index contributed by atoms with van der Waals surface area (Å²) >= 11 is 1.59. The van der Waals surface area contributed by atoms with Crippen LogP contribution in [0.1, 0.15) is 0 Å². The number of ether oxygens (including phenoxy) is 1. The highest BCUT2D eigenvalue weighted by Gasteiger charge is 2.20. The van der Waals surface area contributed by atoms with Gasteiger partial charge in [-0.15, -0.1) is 11.3 Å². The highest BCUT2D eigenvalue weighted by Crippen LogP contribution is 2.41. The molecule has 0 aliphatic carbocycles. The van der Waals surface area contributed by atoms with Gasteiger partial charge in [0.25, 0.3) is 0 Å². The highest BCUT2D eigenvalue weighted by molar-refractivity contribution is 7.70. The molecule has 0 aliphatic heterocycles. The number of nitrogens with zero attached hydrogens (tertiary/aromatic N) is 2. The van der Waals surface area contributed by atoms with Gasteiger partial charge in [-0.3, -0.25) is 4.98 Å². The Balaban J connectivity index is 1.76. The fourth-order valence-electron chi connectivity index (χ4n) is 3.14. The maximum Gasteiger partial charge on any atom is 0.132 e. The molecule has 0 saturated carbocycles. The normalized spacial score (nSPS) is 12.9. The van der Waals surface area contributed by atoms with Gasteiger partial charge in [0.15, 0.2) is 0 Å². The van der Waals surface area contributed by atoms with Gasteiger partial charge in [-0.2, -0.15) is 0 Å². The molecule has 156 valence electrons.